The van der Waals surface area contributed by atoms with Gasteiger partial charge in [0.05, 0.1) is 0 Å². The second-order valence-corrected chi connectivity index (χ2v) is 3.35. The number of carbonyl (C=O) groups is 1. The van der Waals surface area contributed by atoms with Crippen LogP contribution in [0.3, 0.4) is 0 Å². The van der Waals surface area contributed by atoms with E-state index in [0.717, 1.165) is 19.5 Å². The standard InChI is InChI=1S/C10H16N2O/c1-3-5-10(13)12(2)8-9-6-4-7-11-9/h9,11H,4,6-8H2,1-2H3. The molecule has 0 saturated carbocycles. The molecule has 72 valence electrons. The summed E-state index contributed by atoms with van der Waals surface area (Å²) in [4.78, 5) is 12.9. The summed E-state index contributed by atoms with van der Waals surface area (Å²) < 4.78 is 0. The summed E-state index contributed by atoms with van der Waals surface area (Å²) in [5.74, 6) is 5.05. The molecule has 1 heterocycles. The zero-order valence-electron chi connectivity index (χ0n) is 8.26. The lowest BCUT2D eigenvalue weighted by atomic mass is 10.2. The second-order valence-electron chi connectivity index (χ2n) is 3.35. The van der Waals surface area contributed by atoms with Crippen molar-refractivity contribution < 1.29 is 4.79 Å². The Hall–Kier alpha value is -1.01. The van der Waals surface area contributed by atoms with Crippen LogP contribution >= 0.6 is 0 Å². The van der Waals surface area contributed by atoms with E-state index in [1.807, 2.05) is 0 Å². The van der Waals surface area contributed by atoms with Crippen molar-refractivity contribution in [3.05, 3.63) is 0 Å². The first-order valence-electron chi connectivity index (χ1n) is 4.65. The summed E-state index contributed by atoms with van der Waals surface area (Å²) in [6, 6.07) is 0.465. The van der Waals surface area contributed by atoms with Gasteiger partial charge in [-0.25, -0.2) is 0 Å². The molecule has 3 heteroatoms. The lowest BCUT2D eigenvalue weighted by Gasteiger charge is -2.18. The first-order valence-corrected chi connectivity index (χ1v) is 4.65. The fourth-order valence-electron chi connectivity index (χ4n) is 1.53. The highest BCUT2D eigenvalue weighted by molar-refractivity contribution is 5.93. The lowest BCUT2D eigenvalue weighted by molar-refractivity contribution is -0.124. The van der Waals surface area contributed by atoms with Crippen molar-refractivity contribution in [3.8, 4) is 11.8 Å². The molecule has 0 aromatic heterocycles. The summed E-state index contributed by atoms with van der Waals surface area (Å²) in [6.07, 6.45) is 2.38. The highest BCUT2D eigenvalue weighted by Crippen LogP contribution is 2.05. The largest absolute Gasteiger partial charge is 0.333 e. The minimum atomic E-state index is -0.0869. The molecule has 1 atom stereocenters. The van der Waals surface area contributed by atoms with Crippen molar-refractivity contribution in [1.29, 1.82) is 0 Å². The van der Waals surface area contributed by atoms with Gasteiger partial charge in [-0.15, -0.1) is 0 Å². The zero-order valence-corrected chi connectivity index (χ0v) is 8.26. The van der Waals surface area contributed by atoms with Crippen LogP contribution in [-0.4, -0.2) is 37.0 Å². The molecule has 1 fully saturated rings. The molecule has 0 aromatic carbocycles. The van der Waals surface area contributed by atoms with Crippen molar-refractivity contribution in [2.45, 2.75) is 25.8 Å². The number of hydrogen-bond donors (Lipinski definition) is 1. The Kier molecular flexibility index (Phi) is 3.78. The molecule has 3 nitrogen and oxygen atoms in total. The molecule has 1 rings (SSSR count). The Labute approximate surface area is 79.5 Å². The average Bonchev–Trinajstić information content (AvgIpc) is 2.57. The molecule has 1 saturated heterocycles. The topological polar surface area (TPSA) is 32.3 Å². The third kappa shape index (κ3) is 3.08. The van der Waals surface area contributed by atoms with Gasteiger partial charge in [-0.05, 0) is 32.2 Å². The summed E-state index contributed by atoms with van der Waals surface area (Å²) in [5, 5.41) is 3.34. The van der Waals surface area contributed by atoms with Crippen LogP contribution in [0, 0.1) is 11.8 Å². The monoisotopic (exact) mass is 180 g/mol. The van der Waals surface area contributed by atoms with Crippen LogP contribution < -0.4 is 5.32 Å². The summed E-state index contributed by atoms with van der Waals surface area (Å²) in [5.41, 5.74) is 0. The fourth-order valence-corrected chi connectivity index (χ4v) is 1.53. The molecule has 0 spiro atoms. The van der Waals surface area contributed by atoms with Crippen molar-refractivity contribution in [1.82, 2.24) is 10.2 Å². The number of carbonyl (C=O) groups excluding carboxylic acids is 1. The third-order valence-corrected chi connectivity index (χ3v) is 2.24. The van der Waals surface area contributed by atoms with E-state index >= 15 is 0 Å². The molecule has 1 amide bonds. The maximum Gasteiger partial charge on any atom is 0.298 e. The van der Waals surface area contributed by atoms with E-state index in [9.17, 15) is 4.79 Å². The van der Waals surface area contributed by atoms with Crippen LogP contribution in [0.2, 0.25) is 0 Å². The van der Waals surface area contributed by atoms with Gasteiger partial charge < -0.3 is 10.2 Å². The van der Waals surface area contributed by atoms with Gasteiger partial charge in [0.1, 0.15) is 0 Å². The molecule has 0 radical (unpaired) electrons. The van der Waals surface area contributed by atoms with Crippen LogP contribution in [0.25, 0.3) is 0 Å². The minimum Gasteiger partial charge on any atom is -0.333 e. The molecule has 0 aromatic rings. The molecule has 1 aliphatic rings. The summed E-state index contributed by atoms with van der Waals surface area (Å²) in [6.45, 7) is 3.53. The summed E-state index contributed by atoms with van der Waals surface area (Å²) >= 11 is 0. The normalized spacial score (nSPS) is 20.6. The quantitative estimate of drug-likeness (QED) is 0.617. The zero-order chi connectivity index (χ0) is 9.68. The molecule has 0 bridgehead atoms. The maximum absolute atomic E-state index is 11.3. The Morgan fingerprint density at radius 1 is 1.69 bits per heavy atom. The van der Waals surface area contributed by atoms with Crippen LogP contribution in [0.1, 0.15) is 19.8 Å². The molecular formula is C10H16N2O. The van der Waals surface area contributed by atoms with E-state index in [1.54, 1.807) is 18.9 Å². The van der Waals surface area contributed by atoms with Crippen molar-refractivity contribution in [2.24, 2.45) is 0 Å². The number of likely N-dealkylation sites (N-methyl/N-ethyl adjacent to an activating group) is 1. The Bertz CT molecular complexity index is 233. The number of nitrogens with zero attached hydrogens (tertiary/aromatic N) is 1. The Balaban J connectivity index is 2.33. The fraction of sp³-hybridized carbons (Fsp3) is 0.700. The van der Waals surface area contributed by atoms with Crippen molar-refractivity contribution in [3.63, 3.8) is 0 Å². The van der Waals surface area contributed by atoms with Gasteiger partial charge >= 0.3 is 0 Å². The van der Waals surface area contributed by atoms with E-state index in [0.29, 0.717) is 6.04 Å². The molecule has 1 aliphatic heterocycles. The van der Waals surface area contributed by atoms with E-state index in [1.165, 1.54) is 6.42 Å². The minimum absolute atomic E-state index is 0.0869. The first kappa shape index (κ1) is 10.1. The highest BCUT2D eigenvalue weighted by Gasteiger charge is 2.17. The van der Waals surface area contributed by atoms with E-state index in [4.69, 9.17) is 0 Å². The van der Waals surface area contributed by atoms with E-state index < -0.39 is 0 Å². The first-order chi connectivity index (χ1) is 6.24. The predicted octanol–water partition coefficient (Wildman–Crippen LogP) is 0.220. The molecule has 0 aliphatic carbocycles. The number of rotatable bonds is 2. The van der Waals surface area contributed by atoms with Gasteiger partial charge in [-0.1, -0.05) is 5.92 Å². The SMILES string of the molecule is CC#CC(=O)N(C)CC1CCCN1. The van der Waals surface area contributed by atoms with Gasteiger partial charge in [0.15, 0.2) is 0 Å². The maximum atomic E-state index is 11.3. The molecule has 1 unspecified atom stereocenters. The number of nitrogens with one attached hydrogen (secondary N) is 1. The highest BCUT2D eigenvalue weighted by atomic mass is 16.2. The van der Waals surface area contributed by atoms with E-state index in [-0.39, 0.29) is 5.91 Å². The van der Waals surface area contributed by atoms with E-state index in [2.05, 4.69) is 17.2 Å². The smallest absolute Gasteiger partial charge is 0.298 e. The van der Waals surface area contributed by atoms with Crippen LogP contribution in [0.15, 0.2) is 0 Å². The van der Waals surface area contributed by atoms with Gasteiger partial charge in [0, 0.05) is 19.6 Å². The lowest BCUT2D eigenvalue weighted by Crippen LogP contribution is -2.38. The van der Waals surface area contributed by atoms with Crippen molar-refractivity contribution >= 4 is 5.91 Å². The van der Waals surface area contributed by atoms with Crippen LogP contribution in [-0.2, 0) is 4.79 Å². The third-order valence-electron chi connectivity index (χ3n) is 2.24. The van der Waals surface area contributed by atoms with Gasteiger partial charge in [0.2, 0.25) is 0 Å². The predicted molar refractivity (Wildman–Crippen MR) is 52.1 cm³/mol. The van der Waals surface area contributed by atoms with Crippen LogP contribution in [0.5, 0.6) is 0 Å². The Morgan fingerprint density at radius 3 is 3.00 bits per heavy atom. The van der Waals surface area contributed by atoms with Crippen LogP contribution in [0.4, 0.5) is 0 Å². The average molecular weight is 180 g/mol. The van der Waals surface area contributed by atoms with Gasteiger partial charge in [-0.2, -0.15) is 0 Å². The Morgan fingerprint density at radius 2 is 2.46 bits per heavy atom. The molecule has 1 N–H and O–H groups in total. The number of hydrogen-bond acceptors (Lipinski definition) is 2. The van der Waals surface area contributed by atoms with Crippen molar-refractivity contribution in [2.75, 3.05) is 20.1 Å². The van der Waals surface area contributed by atoms with Gasteiger partial charge in [0.25, 0.3) is 5.91 Å². The second kappa shape index (κ2) is 4.88. The summed E-state index contributed by atoms with van der Waals surface area (Å²) in [7, 11) is 1.80. The molecular weight excluding hydrogens is 164 g/mol. The van der Waals surface area contributed by atoms with Gasteiger partial charge in [-0.3, -0.25) is 4.79 Å². The molecule has 13 heavy (non-hydrogen) atoms. The number of amides is 1.